The Balaban J connectivity index is 3.36. The van der Waals surface area contributed by atoms with Crippen molar-refractivity contribution < 1.29 is 24.5 Å². The summed E-state index contributed by atoms with van der Waals surface area (Å²) >= 11 is 0. The normalized spacial score (nSPS) is 12.6. The van der Waals surface area contributed by atoms with Crippen molar-refractivity contribution in [2.24, 2.45) is 0 Å². The van der Waals surface area contributed by atoms with Crippen LogP contribution in [0.15, 0.2) is 24.3 Å². The van der Waals surface area contributed by atoms with E-state index in [4.69, 9.17) is 4.74 Å². The standard InChI is InChI=1S/C77H149NO5/c1-3-5-7-9-11-13-15-17-19-21-22-32-35-38-41-45-49-53-57-61-65-69-75(80)74(73-79)78-76(81)70-66-62-58-54-50-46-42-39-36-33-30-28-26-24-23-25-27-29-31-34-37-40-44-48-52-56-60-64-68-72-83-77(82)71-67-63-59-55-51-47-43-20-18-16-14-12-10-8-6-4-2/h20,43,65,69,74-75,79-80H,3-19,21-42,44-64,66-68,70-73H2,1-2H3,(H,78,81)/b43-20-,69-65+. The van der Waals surface area contributed by atoms with Gasteiger partial charge in [0, 0.05) is 12.8 Å². The average molecular weight is 1170 g/mol. The fraction of sp³-hybridized carbons (Fsp3) is 0.922. The number of aliphatic hydroxyl groups is 2. The minimum Gasteiger partial charge on any atom is -0.466 e. The minimum absolute atomic E-state index is 0.0127. The molecule has 0 bridgehead atoms. The quantitative estimate of drug-likeness (QED) is 0.0320. The molecule has 83 heavy (non-hydrogen) atoms. The molecule has 0 heterocycles. The zero-order chi connectivity index (χ0) is 59.9. The molecular weight excluding hydrogens is 1020 g/mol. The van der Waals surface area contributed by atoms with Crippen LogP contribution in [0.5, 0.6) is 0 Å². The first-order valence-electron chi connectivity index (χ1n) is 38.1. The lowest BCUT2D eigenvalue weighted by Gasteiger charge is -2.20. The molecule has 0 rings (SSSR count). The highest BCUT2D eigenvalue weighted by Gasteiger charge is 2.18. The molecule has 2 unspecified atom stereocenters. The number of carbonyl (C=O) groups excluding carboxylic acids is 2. The number of ether oxygens (including phenoxy) is 1. The summed E-state index contributed by atoms with van der Waals surface area (Å²) in [4.78, 5) is 24.6. The monoisotopic (exact) mass is 1170 g/mol. The van der Waals surface area contributed by atoms with Gasteiger partial charge in [0.05, 0.1) is 25.4 Å². The van der Waals surface area contributed by atoms with Crippen LogP contribution in [-0.4, -0.2) is 47.4 Å². The predicted octanol–water partition coefficient (Wildman–Crippen LogP) is 24.9. The molecule has 0 spiro atoms. The lowest BCUT2D eigenvalue weighted by molar-refractivity contribution is -0.143. The predicted molar refractivity (Wildman–Crippen MR) is 366 cm³/mol. The average Bonchev–Trinajstić information content (AvgIpc) is 3.48. The van der Waals surface area contributed by atoms with E-state index in [1.807, 2.05) is 6.08 Å². The molecule has 0 fully saturated rings. The molecule has 1 amide bonds. The van der Waals surface area contributed by atoms with Crippen LogP contribution in [-0.2, 0) is 14.3 Å². The number of nitrogens with one attached hydrogen (secondary N) is 1. The van der Waals surface area contributed by atoms with Crippen LogP contribution in [0.4, 0.5) is 0 Å². The van der Waals surface area contributed by atoms with Crippen molar-refractivity contribution >= 4 is 11.9 Å². The largest absolute Gasteiger partial charge is 0.466 e. The van der Waals surface area contributed by atoms with E-state index in [9.17, 15) is 19.8 Å². The second-order valence-corrected chi connectivity index (χ2v) is 26.3. The number of allylic oxidation sites excluding steroid dienone is 3. The van der Waals surface area contributed by atoms with Gasteiger partial charge < -0.3 is 20.3 Å². The molecular formula is C77H149NO5. The Bertz CT molecular complexity index is 1300. The Morgan fingerprint density at radius 2 is 0.566 bits per heavy atom. The number of aliphatic hydroxyl groups excluding tert-OH is 2. The molecule has 0 aliphatic carbocycles. The number of rotatable bonds is 72. The number of carbonyl (C=O) groups is 2. The first kappa shape index (κ1) is 81.3. The van der Waals surface area contributed by atoms with E-state index < -0.39 is 12.1 Å². The van der Waals surface area contributed by atoms with Gasteiger partial charge in [0.2, 0.25) is 5.91 Å². The van der Waals surface area contributed by atoms with Crippen LogP contribution < -0.4 is 5.32 Å². The Morgan fingerprint density at radius 1 is 0.325 bits per heavy atom. The molecule has 3 N–H and O–H groups in total. The second kappa shape index (κ2) is 72.8. The van der Waals surface area contributed by atoms with Gasteiger partial charge >= 0.3 is 5.97 Å². The first-order valence-corrected chi connectivity index (χ1v) is 38.1. The molecule has 0 saturated heterocycles. The van der Waals surface area contributed by atoms with Crippen LogP contribution in [0.25, 0.3) is 0 Å². The third-order valence-electron chi connectivity index (χ3n) is 18.0. The maximum absolute atomic E-state index is 12.5. The van der Waals surface area contributed by atoms with E-state index in [0.717, 1.165) is 44.9 Å². The minimum atomic E-state index is -0.843. The molecule has 6 nitrogen and oxygen atoms in total. The van der Waals surface area contributed by atoms with Crippen molar-refractivity contribution in [1.29, 1.82) is 0 Å². The molecule has 0 radical (unpaired) electrons. The van der Waals surface area contributed by atoms with Crippen LogP contribution >= 0.6 is 0 Å². The smallest absolute Gasteiger partial charge is 0.305 e. The van der Waals surface area contributed by atoms with Crippen molar-refractivity contribution in [3.05, 3.63) is 24.3 Å². The number of amides is 1. The maximum Gasteiger partial charge on any atom is 0.305 e. The summed E-state index contributed by atoms with van der Waals surface area (Å²) in [5.41, 5.74) is 0. The van der Waals surface area contributed by atoms with Crippen molar-refractivity contribution in [1.82, 2.24) is 5.32 Å². The fourth-order valence-corrected chi connectivity index (χ4v) is 12.2. The Labute approximate surface area is 520 Å². The molecule has 0 aliphatic heterocycles. The van der Waals surface area contributed by atoms with Gasteiger partial charge in [-0.3, -0.25) is 9.59 Å². The fourth-order valence-electron chi connectivity index (χ4n) is 12.2. The van der Waals surface area contributed by atoms with Crippen LogP contribution in [0.1, 0.15) is 431 Å². The van der Waals surface area contributed by atoms with Crippen LogP contribution in [0.2, 0.25) is 0 Å². The molecule has 2 atom stereocenters. The lowest BCUT2D eigenvalue weighted by atomic mass is 10.0. The molecule has 0 aromatic heterocycles. The maximum atomic E-state index is 12.5. The SMILES string of the molecule is CCCCCCCCC/C=C\CCCCCCCC(=O)OCCCCCCCCCCCCCCCCCCCCCCCCCCCCCCCC(=O)NC(CO)C(O)/C=C/CCCCCCCCCCCCCCCCCCCCC. The third-order valence-corrected chi connectivity index (χ3v) is 18.0. The van der Waals surface area contributed by atoms with Gasteiger partial charge in [0.1, 0.15) is 0 Å². The highest BCUT2D eigenvalue weighted by atomic mass is 16.5. The molecule has 0 aliphatic rings. The van der Waals surface area contributed by atoms with E-state index in [-0.39, 0.29) is 18.5 Å². The van der Waals surface area contributed by atoms with E-state index in [1.165, 1.54) is 360 Å². The summed E-state index contributed by atoms with van der Waals surface area (Å²) in [6, 6.07) is -0.626. The Hall–Kier alpha value is -1.66. The number of hydrogen-bond acceptors (Lipinski definition) is 5. The zero-order valence-corrected chi connectivity index (χ0v) is 56.5. The third kappa shape index (κ3) is 69.3. The lowest BCUT2D eigenvalue weighted by Crippen LogP contribution is -2.45. The van der Waals surface area contributed by atoms with E-state index >= 15 is 0 Å². The highest BCUT2D eigenvalue weighted by molar-refractivity contribution is 5.76. The van der Waals surface area contributed by atoms with E-state index in [2.05, 4.69) is 31.3 Å². The number of esters is 1. The Morgan fingerprint density at radius 3 is 0.855 bits per heavy atom. The van der Waals surface area contributed by atoms with Crippen molar-refractivity contribution in [3.8, 4) is 0 Å². The van der Waals surface area contributed by atoms with Gasteiger partial charge in [-0.2, -0.15) is 0 Å². The summed E-state index contributed by atoms with van der Waals surface area (Å²) < 4.78 is 5.50. The molecule has 492 valence electrons. The van der Waals surface area contributed by atoms with E-state index in [0.29, 0.717) is 19.4 Å². The summed E-state index contributed by atoms with van der Waals surface area (Å²) in [6.45, 7) is 4.95. The van der Waals surface area contributed by atoms with Gasteiger partial charge in [-0.15, -0.1) is 0 Å². The zero-order valence-electron chi connectivity index (χ0n) is 56.5. The topological polar surface area (TPSA) is 95.9 Å². The highest BCUT2D eigenvalue weighted by Crippen LogP contribution is 2.20. The summed E-state index contributed by atoms with van der Waals surface area (Å²) in [7, 11) is 0. The first-order chi connectivity index (χ1) is 41.0. The van der Waals surface area contributed by atoms with Crippen molar-refractivity contribution in [2.45, 2.75) is 443 Å². The summed E-state index contributed by atoms with van der Waals surface area (Å²) in [5.74, 6) is -0.0472. The molecule has 0 aromatic carbocycles. The van der Waals surface area contributed by atoms with Gasteiger partial charge in [0.15, 0.2) is 0 Å². The van der Waals surface area contributed by atoms with Gasteiger partial charge in [-0.05, 0) is 57.8 Å². The van der Waals surface area contributed by atoms with Gasteiger partial charge in [-0.25, -0.2) is 0 Å². The van der Waals surface area contributed by atoms with Gasteiger partial charge in [-0.1, -0.05) is 385 Å². The summed E-state index contributed by atoms with van der Waals surface area (Å²) in [6.07, 6.45) is 92.8. The van der Waals surface area contributed by atoms with Gasteiger partial charge in [0.25, 0.3) is 0 Å². The van der Waals surface area contributed by atoms with Crippen molar-refractivity contribution in [2.75, 3.05) is 13.2 Å². The second-order valence-electron chi connectivity index (χ2n) is 26.3. The molecule has 0 aromatic rings. The van der Waals surface area contributed by atoms with Crippen LogP contribution in [0.3, 0.4) is 0 Å². The van der Waals surface area contributed by atoms with Crippen LogP contribution in [0, 0.1) is 0 Å². The number of hydrogen-bond donors (Lipinski definition) is 3. The van der Waals surface area contributed by atoms with E-state index in [1.54, 1.807) is 6.08 Å². The summed E-state index contributed by atoms with van der Waals surface area (Å²) in [5, 5.41) is 23.3. The molecule has 6 heteroatoms. The number of unbranched alkanes of at least 4 members (excludes halogenated alkanes) is 59. The molecule has 0 saturated carbocycles. The Kier molecular flexibility index (Phi) is 71.4. The van der Waals surface area contributed by atoms with Crippen molar-refractivity contribution in [3.63, 3.8) is 0 Å².